The maximum atomic E-state index is 11.6. The molecule has 5 nitrogen and oxygen atoms in total. The summed E-state index contributed by atoms with van der Waals surface area (Å²) in [4.78, 5) is 29.5. The van der Waals surface area contributed by atoms with Gasteiger partial charge in [-0.25, -0.2) is 4.79 Å². The lowest BCUT2D eigenvalue weighted by atomic mass is 10.1. The van der Waals surface area contributed by atoms with Gasteiger partial charge in [-0.15, -0.1) is 0 Å². The molecule has 0 spiro atoms. The van der Waals surface area contributed by atoms with E-state index in [-0.39, 0.29) is 17.7 Å². The molecular weight excluding hydrogens is 208 g/mol. The number of pyridine rings is 2. The number of fused-ring (bicyclic) bond motifs is 1. The lowest BCUT2D eigenvalue weighted by Crippen LogP contribution is -2.12. The third kappa shape index (κ3) is 1.79. The molecule has 2 heterocycles. The van der Waals surface area contributed by atoms with Crippen molar-refractivity contribution in [3.8, 4) is 0 Å². The summed E-state index contributed by atoms with van der Waals surface area (Å²) >= 11 is 0. The average Bonchev–Trinajstić information content (AvgIpc) is 2.28. The molecule has 0 aromatic carbocycles. The average molecular weight is 218 g/mol. The fourth-order valence-electron chi connectivity index (χ4n) is 1.47. The number of H-pyrrole nitrogens is 1. The Morgan fingerprint density at radius 1 is 1.56 bits per heavy atom. The molecule has 0 bridgehead atoms. The van der Waals surface area contributed by atoms with Gasteiger partial charge in [0, 0.05) is 23.8 Å². The van der Waals surface area contributed by atoms with E-state index in [1.165, 1.54) is 12.3 Å². The van der Waals surface area contributed by atoms with E-state index in [2.05, 4.69) is 9.97 Å². The Kier molecular flexibility index (Phi) is 2.68. The highest BCUT2D eigenvalue weighted by molar-refractivity contribution is 6.02. The minimum atomic E-state index is -0.508. The molecule has 82 valence electrons. The van der Waals surface area contributed by atoms with Crippen LogP contribution in [0.2, 0.25) is 0 Å². The van der Waals surface area contributed by atoms with Gasteiger partial charge in [-0.3, -0.25) is 9.78 Å². The highest BCUT2D eigenvalue weighted by Crippen LogP contribution is 2.13. The molecule has 0 radical (unpaired) electrons. The lowest BCUT2D eigenvalue weighted by Gasteiger charge is -2.04. The molecule has 0 atom stereocenters. The zero-order valence-corrected chi connectivity index (χ0v) is 8.69. The molecule has 1 N–H and O–H groups in total. The maximum Gasteiger partial charge on any atom is 0.339 e. The van der Waals surface area contributed by atoms with Gasteiger partial charge in [0.2, 0.25) is 5.56 Å². The number of nitrogens with one attached hydrogen (secondary N) is 1. The molecule has 0 aliphatic heterocycles. The first-order chi connectivity index (χ1) is 7.72. The number of ether oxygens (including phenoxy) is 1. The molecule has 0 amide bonds. The fourth-order valence-corrected chi connectivity index (χ4v) is 1.47. The highest BCUT2D eigenvalue weighted by atomic mass is 16.5. The molecule has 0 saturated heterocycles. The predicted molar refractivity (Wildman–Crippen MR) is 58.3 cm³/mol. The van der Waals surface area contributed by atoms with E-state index in [1.807, 2.05) is 0 Å². The van der Waals surface area contributed by atoms with Crippen LogP contribution in [0.1, 0.15) is 17.3 Å². The van der Waals surface area contributed by atoms with Crippen LogP contribution in [-0.2, 0) is 4.74 Å². The van der Waals surface area contributed by atoms with Crippen LogP contribution in [0, 0.1) is 0 Å². The third-order valence-electron chi connectivity index (χ3n) is 2.14. The molecule has 2 rings (SSSR count). The second kappa shape index (κ2) is 4.14. The van der Waals surface area contributed by atoms with E-state index in [4.69, 9.17) is 4.74 Å². The monoisotopic (exact) mass is 218 g/mol. The van der Waals surface area contributed by atoms with Gasteiger partial charge in [0.05, 0.1) is 17.7 Å². The number of carbonyl (C=O) groups is 1. The van der Waals surface area contributed by atoms with Crippen LogP contribution in [0.5, 0.6) is 0 Å². The first-order valence-corrected chi connectivity index (χ1v) is 4.86. The van der Waals surface area contributed by atoms with Crippen molar-refractivity contribution in [2.24, 2.45) is 0 Å². The van der Waals surface area contributed by atoms with Crippen molar-refractivity contribution in [2.45, 2.75) is 6.92 Å². The van der Waals surface area contributed by atoms with Crippen LogP contribution >= 0.6 is 0 Å². The van der Waals surface area contributed by atoms with Crippen molar-refractivity contribution in [2.75, 3.05) is 6.61 Å². The second-order valence-electron chi connectivity index (χ2n) is 3.19. The minimum absolute atomic E-state index is 0.244. The topological polar surface area (TPSA) is 72.1 Å². The molecule has 2 aromatic rings. The fraction of sp³-hybridized carbons (Fsp3) is 0.182. The van der Waals surface area contributed by atoms with Gasteiger partial charge >= 0.3 is 5.97 Å². The largest absolute Gasteiger partial charge is 0.462 e. The van der Waals surface area contributed by atoms with E-state index in [0.29, 0.717) is 10.9 Å². The number of hydrogen-bond acceptors (Lipinski definition) is 4. The Morgan fingerprint density at radius 2 is 2.38 bits per heavy atom. The molecule has 0 saturated carbocycles. The van der Waals surface area contributed by atoms with Gasteiger partial charge in [-0.2, -0.15) is 0 Å². The summed E-state index contributed by atoms with van der Waals surface area (Å²) in [5.41, 5.74) is 0.487. The van der Waals surface area contributed by atoms with Crippen LogP contribution in [0.25, 0.3) is 10.9 Å². The Labute approximate surface area is 91.1 Å². The zero-order chi connectivity index (χ0) is 11.5. The van der Waals surface area contributed by atoms with Gasteiger partial charge in [-0.05, 0) is 13.0 Å². The summed E-state index contributed by atoms with van der Waals surface area (Å²) < 4.78 is 4.87. The summed E-state index contributed by atoms with van der Waals surface area (Å²) in [5.74, 6) is -0.508. The summed E-state index contributed by atoms with van der Waals surface area (Å²) in [6.45, 7) is 1.99. The minimum Gasteiger partial charge on any atom is -0.462 e. The van der Waals surface area contributed by atoms with E-state index >= 15 is 0 Å². The maximum absolute atomic E-state index is 11.6. The van der Waals surface area contributed by atoms with Crippen molar-refractivity contribution in [3.05, 3.63) is 40.4 Å². The Balaban J connectivity index is 2.68. The van der Waals surface area contributed by atoms with Gasteiger partial charge < -0.3 is 9.72 Å². The van der Waals surface area contributed by atoms with Crippen LogP contribution in [0.15, 0.2) is 29.3 Å². The standard InChI is InChI=1S/C11H10N2O3/c1-2-16-11(15)7-5-10(14)13-9-3-4-12-6-8(7)9/h3-6H,2H2,1H3,(H,13,14). The number of hydrogen-bond donors (Lipinski definition) is 1. The second-order valence-corrected chi connectivity index (χ2v) is 3.19. The normalized spacial score (nSPS) is 10.3. The number of nitrogens with zero attached hydrogens (tertiary/aromatic N) is 1. The van der Waals surface area contributed by atoms with Crippen molar-refractivity contribution in [1.82, 2.24) is 9.97 Å². The third-order valence-corrected chi connectivity index (χ3v) is 2.14. The number of esters is 1. The molecule has 2 aromatic heterocycles. The van der Waals surface area contributed by atoms with Gasteiger partial charge in [0.1, 0.15) is 0 Å². The molecule has 16 heavy (non-hydrogen) atoms. The summed E-state index contributed by atoms with van der Waals surface area (Å²) in [7, 11) is 0. The molecule has 0 aliphatic carbocycles. The van der Waals surface area contributed by atoms with Gasteiger partial charge in [0.25, 0.3) is 0 Å². The van der Waals surface area contributed by atoms with E-state index in [0.717, 1.165) is 0 Å². The van der Waals surface area contributed by atoms with Crippen molar-refractivity contribution < 1.29 is 9.53 Å². The van der Waals surface area contributed by atoms with E-state index < -0.39 is 5.97 Å². The summed E-state index contributed by atoms with van der Waals surface area (Å²) in [6, 6.07) is 2.86. The zero-order valence-electron chi connectivity index (χ0n) is 8.69. The number of aromatic amines is 1. The highest BCUT2D eigenvalue weighted by Gasteiger charge is 2.12. The SMILES string of the molecule is CCOC(=O)c1cc(=O)[nH]c2ccncc12. The molecule has 0 aliphatic rings. The molecule has 5 heteroatoms. The Morgan fingerprint density at radius 3 is 3.12 bits per heavy atom. The van der Waals surface area contributed by atoms with Gasteiger partial charge in [0.15, 0.2) is 0 Å². The summed E-state index contributed by atoms with van der Waals surface area (Å²) in [5, 5.41) is 0.584. The van der Waals surface area contributed by atoms with Crippen molar-refractivity contribution >= 4 is 16.9 Å². The van der Waals surface area contributed by atoms with Crippen LogP contribution in [0.3, 0.4) is 0 Å². The summed E-state index contributed by atoms with van der Waals surface area (Å²) in [6.07, 6.45) is 3.07. The van der Waals surface area contributed by atoms with Crippen LogP contribution in [0.4, 0.5) is 0 Å². The van der Waals surface area contributed by atoms with Crippen LogP contribution in [-0.4, -0.2) is 22.5 Å². The number of aromatic nitrogens is 2. The molecular formula is C11H10N2O3. The Hall–Kier alpha value is -2.17. The van der Waals surface area contributed by atoms with Crippen molar-refractivity contribution in [1.29, 1.82) is 0 Å². The first kappa shape index (κ1) is 10.4. The van der Waals surface area contributed by atoms with Gasteiger partial charge in [-0.1, -0.05) is 0 Å². The number of carbonyl (C=O) groups excluding carboxylic acids is 1. The first-order valence-electron chi connectivity index (χ1n) is 4.86. The van der Waals surface area contributed by atoms with Crippen LogP contribution < -0.4 is 5.56 Å². The van der Waals surface area contributed by atoms with Crippen molar-refractivity contribution in [3.63, 3.8) is 0 Å². The smallest absolute Gasteiger partial charge is 0.339 e. The van der Waals surface area contributed by atoms with E-state index in [9.17, 15) is 9.59 Å². The number of rotatable bonds is 2. The van der Waals surface area contributed by atoms with E-state index in [1.54, 1.807) is 19.2 Å². The Bertz CT molecular complexity index is 589. The molecule has 0 fully saturated rings. The predicted octanol–water partition coefficient (Wildman–Crippen LogP) is 1.10. The quantitative estimate of drug-likeness (QED) is 0.766. The lowest BCUT2D eigenvalue weighted by molar-refractivity contribution is 0.0528. The molecule has 0 unspecified atom stereocenters.